The van der Waals surface area contributed by atoms with E-state index in [-0.39, 0.29) is 18.8 Å². The van der Waals surface area contributed by atoms with Crippen LogP contribution < -0.4 is 0 Å². The van der Waals surface area contributed by atoms with Crippen LogP contribution in [0.2, 0.25) is 0 Å². The van der Waals surface area contributed by atoms with Crippen LogP contribution in [0, 0.1) is 0 Å². The Kier molecular flexibility index (Phi) is 4.94. The molecule has 0 spiro atoms. The summed E-state index contributed by atoms with van der Waals surface area (Å²) in [6, 6.07) is 0. The normalized spacial score (nSPS) is 27.1. The van der Waals surface area contributed by atoms with E-state index in [0.717, 1.165) is 6.42 Å². The summed E-state index contributed by atoms with van der Waals surface area (Å²) in [5.41, 5.74) is 0. The molecule has 2 atom stereocenters. The van der Waals surface area contributed by atoms with Gasteiger partial charge in [-0.15, -0.1) is 0 Å². The zero-order chi connectivity index (χ0) is 11.3. The van der Waals surface area contributed by atoms with Crippen molar-refractivity contribution in [2.75, 3.05) is 19.8 Å². The highest BCUT2D eigenvalue weighted by Gasteiger charge is 2.25. The zero-order valence-electron chi connectivity index (χ0n) is 8.55. The topological polar surface area (TPSA) is 84.9 Å². The van der Waals surface area contributed by atoms with Crippen LogP contribution in [0.25, 0.3) is 0 Å². The predicted molar refractivity (Wildman–Crippen MR) is 50.0 cm³/mol. The summed E-state index contributed by atoms with van der Waals surface area (Å²) in [5, 5.41) is 0. The van der Waals surface area contributed by atoms with E-state index < -0.39 is 10.4 Å². The van der Waals surface area contributed by atoms with Gasteiger partial charge in [0.2, 0.25) is 10.4 Å². The second-order valence-electron chi connectivity index (χ2n) is 3.31. The first-order valence-corrected chi connectivity index (χ1v) is 6.18. The molecule has 1 saturated heterocycles. The average Bonchev–Trinajstić information content (AvgIpc) is 2.58. The molecule has 0 radical (unpaired) electrons. The van der Waals surface area contributed by atoms with Gasteiger partial charge in [0.15, 0.2) is 0 Å². The van der Waals surface area contributed by atoms with Crippen LogP contribution in [0.5, 0.6) is 0 Å². The Balaban J connectivity index is 2.19. The summed E-state index contributed by atoms with van der Waals surface area (Å²) in [6.07, 6.45) is 1.15. The lowest BCUT2D eigenvalue weighted by Gasteiger charge is -2.14. The Morgan fingerprint density at radius 1 is 1.33 bits per heavy atom. The van der Waals surface area contributed by atoms with Crippen molar-refractivity contribution in [2.45, 2.75) is 32.0 Å². The van der Waals surface area contributed by atoms with Gasteiger partial charge in [-0.05, 0) is 19.8 Å². The number of ether oxygens (including phenoxy) is 2. The molecule has 6 nitrogen and oxygen atoms in total. The lowest BCUT2D eigenvalue weighted by atomic mass is 10.2. The predicted octanol–water partition coefficient (Wildman–Crippen LogP) is 0.0473. The third kappa shape index (κ3) is 5.43. The molecule has 1 aliphatic rings. The number of rotatable bonds is 6. The van der Waals surface area contributed by atoms with Gasteiger partial charge in [0.05, 0.1) is 25.4 Å². The van der Waals surface area contributed by atoms with Crippen LogP contribution in [0.15, 0.2) is 0 Å². The average molecular weight is 239 g/mol. The lowest BCUT2D eigenvalue weighted by molar-refractivity contribution is -0.0262. The van der Waals surface area contributed by atoms with Crippen LogP contribution in [0.3, 0.4) is 0 Å². The van der Waals surface area contributed by atoms with Crippen LogP contribution in [-0.4, -0.2) is 45.0 Å². The van der Waals surface area contributed by atoms with Crippen LogP contribution in [0.4, 0.5) is 0 Å². The van der Waals surface area contributed by atoms with Gasteiger partial charge in [-0.2, -0.15) is 0 Å². The highest BCUT2D eigenvalue weighted by atomic mass is 32.3. The van der Waals surface area contributed by atoms with Gasteiger partial charge in [-0.1, -0.05) is 0 Å². The number of hydrogen-bond acceptors (Lipinski definition) is 6. The van der Waals surface area contributed by atoms with Crippen molar-refractivity contribution in [2.24, 2.45) is 0 Å². The molecule has 0 aromatic rings. The van der Waals surface area contributed by atoms with Crippen molar-refractivity contribution in [1.82, 2.24) is 0 Å². The van der Waals surface area contributed by atoms with E-state index in [9.17, 15) is 13.0 Å². The van der Waals surface area contributed by atoms with Crippen molar-refractivity contribution in [1.29, 1.82) is 0 Å². The second-order valence-corrected chi connectivity index (χ2v) is 4.36. The molecule has 1 heterocycles. The minimum atomic E-state index is -4.61. The van der Waals surface area contributed by atoms with Crippen LogP contribution >= 0.6 is 0 Å². The molecule has 90 valence electrons. The quantitative estimate of drug-likeness (QED) is 0.481. The van der Waals surface area contributed by atoms with Gasteiger partial charge in [-0.25, -0.2) is 8.42 Å². The first-order chi connectivity index (χ1) is 7.01. The molecule has 1 rings (SSSR count). The van der Waals surface area contributed by atoms with E-state index in [2.05, 4.69) is 4.18 Å². The Morgan fingerprint density at radius 3 is 2.47 bits per heavy atom. The minimum Gasteiger partial charge on any atom is -0.726 e. The van der Waals surface area contributed by atoms with E-state index in [0.29, 0.717) is 19.6 Å². The lowest BCUT2D eigenvalue weighted by Crippen LogP contribution is -2.21. The van der Waals surface area contributed by atoms with Crippen molar-refractivity contribution in [3.63, 3.8) is 0 Å². The largest absolute Gasteiger partial charge is 0.726 e. The van der Waals surface area contributed by atoms with Gasteiger partial charge in [0, 0.05) is 6.61 Å². The molecule has 0 bridgehead atoms. The van der Waals surface area contributed by atoms with Gasteiger partial charge in [-0.3, -0.25) is 4.18 Å². The monoisotopic (exact) mass is 239 g/mol. The van der Waals surface area contributed by atoms with Gasteiger partial charge >= 0.3 is 0 Å². The molecule has 0 aromatic carbocycles. The molecule has 2 unspecified atom stereocenters. The molecule has 7 heteroatoms. The maximum absolute atomic E-state index is 10.2. The molecule has 0 aliphatic carbocycles. The molecular formula is C8H15O6S-. The van der Waals surface area contributed by atoms with Crippen molar-refractivity contribution in [3.05, 3.63) is 0 Å². The fourth-order valence-electron chi connectivity index (χ4n) is 1.43. The third-order valence-corrected chi connectivity index (χ3v) is 2.53. The second kappa shape index (κ2) is 5.76. The van der Waals surface area contributed by atoms with Gasteiger partial charge in [0.25, 0.3) is 0 Å². The number of hydrogen-bond donors (Lipinski definition) is 0. The van der Waals surface area contributed by atoms with E-state index in [1.165, 1.54) is 0 Å². The third-order valence-electron chi connectivity index (χ3n) is 2.10. The Bertz CT molecular complexity index is 275. The molecular weight excluding hydrogens is 224 g/mol. The molecule has 0 N–H and O–H groups in total. The van der Waals surface area contributed by atoms with Gasteiger partial charge in [0.1, 0.15) is 0 Å². The standard InChI is InChI=1S/C8H16O6S/c1-2-12-5-7-3-4-8(14-7)6-13-15(9,10)11/h7-8H,2-6H2,1H3,(H,9,10,11)/p-1. The Labute approximate surface area is 89.5 Å². The van der Waals surface area contributed by atoms with E-state index in [1.54, 1.807) is 0 Å². The summed E-state index contributed by atoms with van der Waals surface area (Å²) >= 11 is 0. The maximum atomic E-state index is 10.2. The first-order valence-electron chi connectivity index (χ1n) is 4.84. The molecule has 1 aliphatic heterocycles. The van der Waals surface area contributed by atoms with E-state index in [4.69, 9.17) is 9.47 Å². The highest BCUT2D eigenvalue weighted by molar-refractivity contribution is 7.80. The first kappa shape index (κ1) is 12.9. The fourth-order valence-corrected chi connectivity index (χ4v) is 1.75. The Hall–Kier alpha value is -0.210. The van der Waals surface area contributed by atoms with Crippen LogP contribution in [-0.2, 0) is 24.1 Å². The summed E-state index contributed by atoms with van der Waals surface area (Å²) in [7, 11) is -4.61. The van der Waals surface area contributed by atoms with Crippen molar-refractivity contribution < 1.29 is 26.6 Å². The summed E-state index contributed by atoms with van der Waals surface area (Å²) in [6.45, 7) is 2.81. The van der Waals surface area contributed by atoms with E-state index in [1.807, 2.05) is 6.92 Å². The zero-order valence-corrected chi connectivity index (χ0v) is 9.36. The van der Waals surface area contributed by atoms with Gasteiger partial charge < -0.3 is 14.0 Å². The highest BCUT2D eigenvalue weighted by Crippen LogP contribution is 2.20. The fraction of sp³-hybridized carbons (Fsp3) is 1.00. The summed E-state index contributed by atoms with van der Waals surface area (Å²) in [5.74, 6) is 0. The molecule has 15 heavy (non-hydrogen) atoms. The molecule has 0 saturated carbocycles. The maximum Gasteiger partial charge on any atom is 0.217 e. The van der Waals surface area contributed by atoms with Crippen LogP contribution in [0.1, 0.15) is 19.8 Å². The molecule has 0 amide bonds. The molecule has 0 aromatic heterocycles. The summed E-state index contributed by atoms with van der Waals surface area (Å²) < 4.78 is 45.2. The van der Waals surface area contributed by atoms with Crippen molar-refractivity contribution >= 4 is 10.4 Å². The van der Waals surface area contributed by atoms with Crippen molar-refractivity contribution in [3.8, 4) is 0 Å². The Morgan fingerprint density at radius 2 is 1.93 bits per heavy atom. The summed E-state index contributed by atoms with van der Waals surface area (Å²) in [4.78, 5) is 0. The minimum absolute atomic E-state index is 0.0205. The smallest absolute Gasteiger partial charge is 0.217 e. The molecule has 1 fully saturated rings. The van der Waals surface area contributed by atoms with E-state index >= 15 is 0 Å². The SMILES string of the molecule is CCOCC1CCC(COS(=O)(=O)[O-])O1.